The number of urea groups is 1. The maximum atomic E-state index is 12.5. The second-order valence-corrected chi connectivity index (χ2v) is 6.92. The Balaban J connectivity index is 1.90. The average Bonchev–Trinajstić information content (AvgIpc) is 2.81. The van der Waals surface area contributed by atoms with Gasteiger partial charge in [0.25, 0.3) is 0 Å². The van der Waals surface area contributed by atoms with Crippen molar-refractivity contribution >= 4 is 6.03 Å². The molecule has 0 unspecified atom stereocenters. The molecule has 1 saturated carbocycles. The summed E-state index contributed by atoms with van der Waals surface area (Å²) in [6.07, 6.45) is 7.39. The molecule has 2 rings (SSSR count). The van der Waals surface area contributed by atoms with E-state index < -0.39 is 0 Å². The molecule has 0 aliphatic heterocycles. The van der Waals surface area contributed by atoms with Crippen molar-refractivity contribution in [1.29, 1.82) is 0 Å². The Hall–Kier alpha value is -1.55. The Kier molecular flexibility index (Phi) is 6.90. The van der Waals surface area contributed by atoms with Crippen molar-refractivity contribution in [3.05, 3.63) is 35.4 Å². The van der Waals surface area contributed by atoms with E-state index in [4.69, 9.17) is 0 Å². The Morgan fingerprint density at radius 1 is 1.04 bits per heavy atom. The summed E-state index contributed by atoms with van der Waals surface area (Å²) >= 11 is 0. The van der Waals surface area contributed by atoms with Gasteiger partial charge >= 0.3 is 6.03 Å². The van der Waals surface area contributed by atoms with Gasteiger partial charge in [-0.2, -0.15) is 0 Å². The summed E-state index contributed by atoms with van der Waals surface area (Å²) in [5.74, 6) is 0. The number of amides is 2. The molecule has 0 heterocycles. The second kappa shape index (κ2) is 8.92. The van der Waals surface area contributed by atoms with Crippen LogP contribution in [0.15, 0.2) is 24.3 Å². The van der Waals surface area contributed by atoms with Gasteiger partial charge in [-0.05, 0) is 38.1 Å². The normalized spacial score (nSPS) is 16.2. The highest BCUT2D eigenvalue weighted by atomic mass is 16.2. The van der Waals surface area contributed by atoms with Crippen LogP contribution in [0, 0.1) is 0 Å². The molecule has 0 saturated heterocycles. The van der Waals surface area contributed by atoms with E-state index in [1.807, 2.05) is 18.0 Å². The van der Waals surface area contributed by atoms with E-state index in [-0.39, 0.29) is 6.03 Å². The highest BCUT2D eigenvalue weighted by Crippen LogP contribution is 2.21. The molecule has 128 valence electrons. The number of carbonyl (C=O) groups is 1. The average molecular weight is 317 g/mol. The summed E-state index contributed by atoms with van der Waals surface area (Å²) in [5.41, 5.74) is 2.47. The van der Waals surface area contributed by atoms with Crippen molar-refractivity contribution in [3.63, 3.8) is 0 Å². The lowest BCUT2D eigenvalue weighted by Crippen LogP contribution is -2.43. The molecular weight excluding hydrogens is 286 g/mol. The van der Waals surface area contributed by atoms with Crippen LogP contribution in [0.3, 0.4) is 0 Å². The highest BCUT2D eigenvalue weighted by molar-refractivity contribution is 5.74. The number of hydrogen-bond acceptors (Lipinski definition) is 2. The number of nitrogens with zero attached hydrogens (tertiary/aromatic N) is 2. The molecule has 1 aliphatic carbocycles. The molecule has 0 spiro atoms. The van der Waals surface area contributed by atoms with Gasteiger partial charge in [-0.3, -0.25) is 0 Å². The van der Waals surface area contributed by atoms with Gasteiger partial charge in [0.05, 0.1) is 0 Å². The molecule has 1 aromatic rings. The van der Waals surface area contributed by atoms with Crippen LogP contribution < -0.4 is 5.32 Å². The van der Waals surface area contributed by atoms with Crippen LogP contribution in [-0.4, -0.2) is 43.0 Å². The molecule has 23 heavy (non-hydrogen) atoms. The number of carbonyl (C=O) groups excluding carboxylic acids is 1. The van der Waals surface area contributed by atoms with E-state index in [1.54, 1.807) is 0 Å². The Bertz CT molecular complexity index is 493. The van der Waals surface area contributed by atoms with E-state index in [9.17, 15) is 4.79 Å². The highest BCUT2D eigenvalue weighted by Gasteiger charge is 2.21. The van der Waals surface area contributed by atoms with Gasteiger partial charge in [0.15, 0.2) is 0 Å². The standard InChI is InChI=1S/C19H31N3O/c1-21(2)15-17-11-9-8-10-16(17)14-20-19(23)22(3)18-12-6-4-5-7-13-18/h8-11,18H,4-7,12-15H2,1-3H3,(H,20,23). The van der Waals surface area contributed by atoms with Crippen LogP contribution in [0.1, 0.15) is 49.7 Å². The summed E-state index contributed by atoms with van der Waals surface area (Å²) in [5, 5.41) is 3.10. The van der Waals surface area contributed by atoms with Crippen molar-refractivity contribution in [1.82, 2.24) is 15.1 Å². The third-order valence-corrected chi connectivity index (χ3v) is 4.73. The smallest absolute Gasteiger partial charge is 0.317 e. The Labute approximate surface area is 140 Å². The van der Waals surface area contributed by atoms with Crippen LogP contribution in [-0.2, 0) is 13.1 Å². The first kappa shape index (κ1) is 17.8. The fraction of sp³-hybridized carbons (Fsp3) is 0.632. The van der Waals surface area contributed by atoms with E-state index in [2.05, 4.69) is 42.5 Å². The Morgan fingerprint density at radius 2 is 1.65 bits per heavy atom. The van der Waals surface area contributed by atoms with Gasteiger partial charge in [0.1, 0.15) is 0 Å². The predicted molar refractivity (Wildman–Crippen MR) is 95.3 cm³/mol. The lowest BCUT2D eigenvalue weighted by molar-refractivity contribution is 0.183. The SMILES string of the molecule is CN(C)Cc1ccccc1CNC(=O)N(C)C1CCCCCC1. The topological polar surface area (TPSA) is 35.6 Å². The van der Waals surface area contributed by atoms with Gasteiger partial charge in [-0.1, -0.05) is 49.9 Å². The molecule has 0 radical (unpaired) electrons. The summed E-state index contributed by atoms with van der Waals surface area (Å²) in [6, 6.07) is 8.78. The van der Waals surface area contributed by atoms with Gasteiger partial charge in [-0.15, -0.1) is 0 Å². The van der Waals surface area contributed by atoms with Crippen molar-refractivity contribution in [2.75, 3.05) is 21.1 Å². The molecule has 0 bridgehead atoms. The molecular formula is C19H31N3O. The van der Waals surface area contributed by atoms with E-state index >= 15 is 0 Å². The number of hydrogen-bond donors (Lipinski definition) is 1. The van der Waals surface area contributed by atoms with E-state index in [1.165, 1.54) is 36.8 Å². The minimum Gasteiger partial charge on any atom is -0.334 e. The van der Waals surface area contributed by atoms with Crippen molar-refractivity contribution in [2.24, 2.45) is 0 Å². The molecule has 4 heteroatoms. The van der Waals surface area contributed by atoms with Crippen LogP contribution in [0.4, 0.5) is 4.79 Å². The molecule has 1 aliphatic rings. The first-order valence-electron chi connectivity index (χ1n) is 8.80. The van der Waals surface area contributed by atoms with E-state index in [0.29, 0.717) is 12.6 Å². The molecule has 0 atom stereocenters. The fourth-order valence-electron chi connectivity index (χ4n) is 3.33. The van der Waals surface area contributed by atoms with Crippen LogP contribution >= 0.6 is 0 Å². The lowest BCUT2D eigenvalue weighted by Gasteiger charge is -2.27. The third kappa shape index (κ3) is 5.54. The molecule has 1 fully saturated rings. The zero-order chi connectivity index (χ0) is 16.7. The lowest BCUT2D eigenvalue weighted by atomic mass is 10.1. The maximum Gasteiger partial charge on any atom is 0.317 e. The number of benzene rings is 1. The Morgan fingerprint density at radius 3 is 2.26 bits per heavy atom. The van der Waals surface area contributed by atoms with Crippen molar-refractivity contribution in [3.8, 4) is 0 Å². The fourth-order valence-corrected chi connectivity index (χ4v) is 3.33. The largest absolute Gasteiger partial charge is 0.334 e. The minimum atomic E-state index is 0.0524. The number of rotatable bonds is 5. The quantitative estimate of drug-likeness (QED) is 0.842. The molecule has 0 aromatic heterocycles. The molecule has 1 aromatic carbocycles. The van der Waals surface area contributed by atoms with Gasteiger partial charge < -0.3 is 15.1 Å². The molecule has 2 amide bonds. The van der Waals surface area contributed by atoms with Crippen LogP contribution in [0.2, 0.25) is 0 Å². The molecule has 4 nitrogen and oxygen atoms in total. The summed E-state index contributed by atoms with van der Waals surface area (Å²) < 4.78 is 0. The number of nitrogens with one attached hydrogen (secondary N) is 1. The maximum absolute atomic E-state index is 12.5. The van der Waals surface area contributed by atoms with Gasteiger partial charge in [0, 0.05) is 26.2 Å². The second-order valence-electron chi connectivity index (χ2n) is 6.92. The van der Waals surface area contributed by atoms with Crippen LogP contribution in [0.25, 0.3) is 0 Å². The van der Waals surface area contributed by atoms with Gasteiger partial charge in [-0.25, -0.2) is 4.79 Å². The van der Waals surface area contributed by atoms with Crippen LogP contribution in [0.5, 0.6) is 0 Å². The van der Waals surface area contributed by atoms with Gasteiger partial charge in [0.2, 0.25) is 0 Å². The summed E-state index contributed by atoms with van der Waals surface area (Å²) in [4.78, 5) is 16.5. The first-order valence-corrected chi connectivity index (χ1v) is 8.80. The third-order valence-electron chi connectivity index (χ3n) is 4.73. The summed E-state index contributed by atoms with van der Waals surface area (Å²) in [6.45, 7) is 1.49. The first-order chi connectivity index (χ1) is 11.1. The van der Waals surface area contributed by atoms with E-state index in [0.717, 1.165) is 19.4 Å². The van der Waals surface area contributed by atoms with Crippen molar-refractivity contribution in [2.45, 2.75) is 57.7 Å². The summed E-state index contributed by atoms with van der Waals surface area (Å²) in [7, 11) is 6.07. The molecule has 1 N–H and O–H groups in total. The minimum absolute atomic E-state index is 0.0524. The van der Waals surface area contributed by atoms with Crippen molar-refractivity contribution < 1.29 is 4.79 Å². The monoisotopic (exact) mass is 317 g/mol. The predicted octanol–water partition coefficient (Wildman–Crippen LogP) is 3.61. The zero-order valence-electron chi connectivity index (χ0n) is 14.8. The zero-order valence-corrected chi connectivity index (χ0v) is 14.8.